The van der Waals surface area contributed by atoms with Gasteiger partial charge in [-0.05, 0) is 52.3 Å². The first kappa shape index (κ1) is 14.1. The Morgan fingerprint density at radius 3 is 2.37 bits per heavy atom. The van der Waals surface area contributed by atoms with Crippen LogP contribution in [0.4, 0.5) is 0 Å². The van der Waals surface area contributed by atoms with E-state index < -0.39 is 5.97 Å². The van der Waals surface area contributed by atoms with Crippen LogP contribution < -0.4 is 9.47 Å². The molecule has 0 spiro atoms. The van der Waals surface area contributed by atoms with E-state index in [0.29, 0.717) is 11.5 Å². The molecule has 2 aromatic carbocycles. The summed E-state index contributed by atoms with van der Waals surface area (Å²) in [5, 5.41) is 0. The van der Waals surface area contributed by atoms with E-state index in [-0.39, 0.29) is 6.61 Å². The van der Waals surface area contributed by atoms with Gasteiger partial charge in [0.05, 0.1) is 4.47 Å². The fourth-order valence-electron chi connectivity index (χ4n) is 1.35. The van der Waals surface area contributed by atoms with Gasteiger partial charge in [0, 0.05) is 4.47 Å². The molecule has 0 unspecified atom stereocenters. The fourth-order valence-corrected chi connectivity index (χ4v) is 1.98. The maximum Gasteiger partial charge on any atom is 0.349 e. The highest BCUT2D eigenvalue weighted by molar-refractivity contribution is 9.10. The second-order valence-electron chi connectivity index (χ2n) is 3.65. The van der Waals surface area contributed by atoms with Crippen LogP contribution in [-0.2, 0) is 4.79 Å². The molecule has 5 heteroatoms. The van der Waals surface area contributed by atoms with Crippen molar-refractivity contribution in [3.8, 4) is 11.5 Å². The summed E-state index contributed by atoms with van der Waals surface area (Å²) in [6.45, 7) is -0.136. The Labute approximate surface area is 127 Å². The number of halogens is 2. The van der Waals surface area contributed by atoms with Crippen molar-refractivity contribution in [2.45, 2.75) is 0 Å². The second-order valence-corrected chi connectivity index (χ2v) is 5.42. The van der Waals surface area contributed by atoms with Crippen molar-refractivity contribution in [2.24, 2.45) is 0 Å². The molecule has 0 atom stereocenters. The van der Waals surface area contributed by atoms with Crippen molar-refractivity contribution in [1.29, 1.82) is 0 Å². The quantitative estimate of drug-likeness (QED) is 0.584. The summed E-state index contributed by atoms with van der Waals surface area (Å²) in [5.74, 6) is 0.647. The Hall–Kier alpha value is -1.33. The molecule has 0 heterocycles. The zero-order valence-electron chi connectivity index (χ0n) is 9.81. The maximum absolute atomic E-state index is 11.6. The van der Waals surface area contributed by atoms with Crippen molar-refractivity contribution in [2.75, 3.05) is 6.61 Å². The summed E-state index contributed by atoms with van der Waals surface area (Å²) in [4.78, 5) is 11.6. The monoisotopic (exact) mass is 384 g/mol. The smallest absolute Gasteiger partial charge is 0.349 e. The third-order valence-corrected chi connectivity index (χ3v) is 3.41. The number of hydrogen-bond acceptors (Lipinski definition) is 3. The molecule has 2 rings (SSSR count). The van der Waals surface area contributed by atoms with Gasteiger partial charge in [-0.15, -0.1) is 0 Å². The van der Waals surface area contributed by atoms with Gasteiger partial charge in [-0.25, -0.2) is 4.79 Å². The standard InChI is InChI=1S/C14H10Br2O3/c15-10-5-7-11(8-6-10)18-9-14(17)19-13-4-2-1-3-12(13)16/h1-8H,9H2. The van der Waals surface area contributed by atoms with Gasteiger partial charge < -0.3 is 9.47 Å². The number of ether oxygens (including phenoxy) is 2. The van der Waals surface area contributed by atoms with Crippen molar-refractivity contribution in [3.05, 3.63) is 57.5 Å². The molecule has 0 aliphatic rings. The molecule has 0 bridgehead atoms. The van der Waals surface area contributed by atoms with Crippen LogP contribution in [0.5, 0.6) is 11.5 Å². The molecule has 0 saturated carbocycles. The normalized spacial score (nSPS) is 10.0. The molecule has 19 heavy (non-hydrogen) atoms. The lowest BCUT2D eigenvalue weighted by Crippen LogP contribution is -2.17. The number of esters is 1. The molecular weight excluding hydrogens is 376 g/mol. The zero-order valence-corrected chi connectivity index (χ0v) is 13.0. The van der Waals surface area contributed by atoms with E-state index in [1.165, 1.54) is 0 Å². The number of carbonyl (C=O) groups is 1. The van der Waals surface area contributed by atoms with E-state index in [4.69, 9.17) is 9.47 Å². The molecule has 98 valence electrons. The summed E-state index contributed by atoms with van der Waals surface area (Å²) in [6, 6.07) is 14.4. The molecule has 0 radical (unpaired) electrons. The van der Waals surface area contributed by atoms with Gasteiger partial charge in [0.15, 0.2) is 6.61 Å². The van der Waals surface area contributed by atoms with Gasteiger partial charge in [-0.3, -0.25) is 0 Å². The largest absolute Gasteiger partial charge is 0.482 e. The molecule has 0 aliphatic carbocycles. The van der Waals surface area contributed by atoms with Gasteiger partial charge in [0.2, 0.25) is 0 Å². The molecule has 3 nitrogen and oxygen atoms in total. The Balaban J connectivity index is 1.88. The van der Waals surface area contributed by atoms with Gasteiger partial charge >= 0.3 is 5.97 Å². The van der Waals surface area contributed by atoms with Gasteiger partial charge in [0.1, 0.15) is 11.5 Å². The predicted molar refractivity (Wildman–Crippen MR) is 79.4 cm³/mol. The third kappa shape index (κ3) is 4.36. The lowest BCUT2D eigenvalue weighted by Gasteiger charge is -2.07. The molecule has 0 N–H and O–H groups in total. The van der Waals surface area contributed by atoms with Gasteiger partial charge in [0.25, 0.3) is 0 Å². The number of carbonyl (C=O) groups excluding carboxylic acids is 1. The van der Waals surface area contributed by atoms with E-state index >= 15 is 0 Å². The first-order valence-electron chi connectivity index (χ1n) is 5.49. The van der Waals surface area contributed by atoms with Crippen molar-refractivity contribution in [1.82, 2.24) is 0 Å². The van der Waals surface area contributed by atoms with E-state index in [9.17, 15) is 4.79 Å². The molecule has 0 aliphatic heterocycles. The zero-order chi connectivity index (χ0) is 13.7. The molecule has 0 saturated heterocycles. The predicted octanol–water partition coefficient (Wildman–Crippen LogP) is 4.20. The van der Waals surface area contributed by atoms with Crippen molar-refractivity contribution >= 4 is 37.8 Å². The number of hydrogen-bond donors (Lipinski definition) is 0. The minimum atomic E-state index is -0.449. The summed E-state index contributed by atoms with van der Waals surface area (Å²) in [6.07, 6.45) is 0. The molecule has 0 fully saturated rings. The first-order valence-corrected chi connectivity index (χ1v) is 7.07. The summed E-state index contributed by atoms with van der Waals surface area (Å²) in [5.41, 5.74) is 0. The van der Waals surface area contributed by atoms with Crippen LogP contribution in [0.3, 0.4) is 0 Å². The van der Waals surface area contributed by atoms with Crippen LogP contribution in [-0.4, -0.2) is 12.6 Å². The number of benzene rings is 2. The first-order chi connectivity index (χ1) is 9.15. The summed E-state index contributed by atoms with van der Waals surface area (Å²) < 4.78 is 12.2. The van der Waals surface area contributed by atoms with E-state index in [0.717, 1.165) is 8.95 Å². The molecular formula is C14H10Br2O3. The lowest BCUT2D eigenvalue weighted by molar-refractivity contribution is -0.136. The number of rotatable bonds is 4. The van der Waals surface area contributed by atoms with Gasteiger partial charge in [-0.1, -0.05) is 28.1 Å². The van der Waals surface area contributed by atoms with Crippen molar-refractivity contribution < 1.29 is 14.3 Å². The highest BCUT2D eigenvalue weighted by Gasteiger charge is 2.08. The van der Waals surface area contributed by atoms with Crippen LogP contribution >= 0.6 is 31.9 Å². The average molecular weight is 386 g/mol. The number of para-hydroxylation sites is 1. The Morgan fingerprint density at radius 1 is 1.00 bits per heavy atom. The topological polar surface area (TPSA) is 35.5 Å². The maximum atomic E-state index is 11.6. The van der Waals surface area contributed by atoms with Crippen LogP contribution in [0.25, 0.3) is 0 Å². The Bertz CT molecular complexity index is 567. The molecule has 2 aromatic rings. The van der Waals surface area contributed by atoms with Gasteiger partial charge in [-0.2, -0.15) is 0 Å². The van der Waals surface area contributed by atoms with Crippen LogP contribution in [0.15, 0.2) is 57.5 Å². The Morgan fingerprint density at radius 2 is 1.68 bits per heavy atom. The summed E-state index contributed by atoms with van der Waals surface area (Å²) in [7, 11) is 0. The second kappa shape index (κ2) is 6.73. The van der Waals surface area contributed by atoms with Crippen LogP contribution in [0.2, 0.25) is 0 Å². The lowest BCUT2D eigenvalue weighted by atomic mass is 10.3. The Kier molecular flexibility index (Phi) is 4.99. The fraction of sp³-hybridized carbons (Fsp3) is 0.0714. The average Bonchev–Trinajstić information content (AvgIpc) is 2.41. The third-order valence-electron chi connectivity index (χ3n) is 2.23. The SMILES string of the molecule is O=C(COc1ccc(Br)cc1)Oc1ccccc1Br. The van der Waals surface area contributed by atoms with Crippen LogP contribution in [0.1, 0.15) is 0 Å². The molecule has 0 aromatic heterocycles. The van der Waals surface area contributed by atoms with E-state index in [1.807, 2.05) is 18.2 Å². The highest BCUT2D eigenvalue weighted by atomic mass is 79.9. The molecule has 0 amide bonds. The van der Waals surface area contributed by atoms with Crippen LogP contribution in [0, 0.1) is 0 Å². The summed E-state index contributed by atoms with van der Waals surface area (Å²) >= 11 is 6.63. The minimum Gasteiger partial charge on any atom is -0.482 e. The van der Waals surface area contributed by atoms with Crippen molar-refractivity contribution in [3.63, 3.8) is 0 Å². The van der Waals surface area contributed by atoms with E-state index in [2.05, 4.69) is 31.9 Å². The highest BCUT2D eigenvalue weighted by Crippen LogP contribution is 2.24. The minimum absolute atomic E-state index is 0.136. The van der Waals surface area contributed by atoms with E-state index in [1.54, 1.807) is 30.3 Å².